The summed E-state index contributed by atoms with van der Waals surface area (Å²) >= 11 is 0. The highest BCUT2D eigenvalue weighted by Gasteiger charge is 2.32. The number of nitrogens with one attached hydrogen (secondary N) is 2. The Labute approximate surface area is 191 Å². The fraction of sp³-hybridized carbons (Fsp3) is 0.318. The van der Waals surface area contributed by atoms with Gasteiger partial charge in [0, 0.05) is 13.1 Å². The van der Waals surface area contributed by atoms with Crippen LogP contribution in [0.2, 0.25) is 0 Å². The number of hydrogen-bond donors (Lipinski definition) is 2. The summed E-state index contributed by atoms with van der Waals surface area (Å²) in [6.45, 7) is 3.57. The van der Waals surface area contributed by atoms with Gasteiger partial charge in [-0.25, -0.2) is 18.0 Å². The lowest BCUT2D eigenvalue weighted by Gasteiger charge is -2.20. The first-order chi connectivity index (χ1) is 15.7. The molecule has 1 heterocycles. The Morgan fingerprint density at radius 3 is 2.58 bits per heavy atom. The molecule has 10 nitrogen and oxygen atoms in total. The van der Waals surface area contributed by atoms with Crippen molar-refractivity contribution in [3.63, 3.8) is 0 Å². The number of imide groups is 1. The first-order valence-electron chi connectivity index (χ1n) is 10.3. The van der Waals surface area contributed by atoms with Crippen molar-refractivity contribution in [1.82, 2.24) is 10.6 Å². The van der Waals surface area contributed by atoms with E-state index in [2.05, 4.69) is 5.32 Å². The van der Waals surface area contributed by atoms with E-state index < -0.39 is 34.0 Å². The van der Waals surface area contributed by atoms with E-state index in [0.29, 0.717) is 18.7 Å². The minimum Gasteiger partial charge on any atom is -0.496 e. The highest BCUT2D eigenvalue weighted by Crippen LogP contribution is 2.34. The molecule has 0 fully saturated rings. The van der Waals surface area contributed by atoms with Gasteiger partial charge in [0.2, 0.25) is 0 Å². The molecule has 1 aliphatic heterocycles. The van der Waals surface area contributed by atoms with Gasteiger partial charge in [0.1, 0.15) is 11.3 Å². The lowest BCUT2D eigenvalue weighted by molar-refractivity contribution is -0.127. The molecule has 0 saturated heterocycles. The van der Waals surface area contributed by atoms with Crippen molar-refractivity contribution in [2.24, 2.45) is 0 Å². The van der Waals surface area contributed by atoms with Crippen LogP contribution < -0.4 is 19.7 Å². The number of carbonyl (C=O) groups excluding carboxylic acids is 3. The summed E-state index contributed by atoms with van der Waals surface area (Å²) in [5.41, 5.74) is 1.35. The fourth-order valence-electron chi connectivity index (χ4n) is 3.39. The van der Waals surface area contributed by atoms with Crippen molar-refractivity contribution < 1.29 is 32.3 Å². The van der Waals surface area contributed by atoms with Crippen molar-refractivity contribution in [2.75, 3.05) is 24.5 Å². The molecule has 2 aromatic carbocycles. The summed E-state index contributed by atoms with van der Waals surface area (Å²) in [6, 6.07) is 10.3. The van der Waals surface area contributed by atoms with E-state index in [1.54, 1.807) is 19.1 Å². The van der Waals surface area contributed by atoms with Crippen molar-refractivity contribution >= 4 is 33.6 Å². The first kappa shape index (κ1) is 24.1. The van der Waals surface area contributed by atoms with Gasteiger partial charge >= 0.3 is 12.0 Å². The van der Waals surface area contributed by atoms with Gasteiger partial charge < -0.3 is 14.8 Å². The molecule has 3 rings (SSSR count). The van der Waals surface area contributed by atoms with E-state index in [9.17, 15) is 22.8 Å². The maximum absolute atomic E-state index is 13.3. The lowest BCUT2D eigenvalue weighted by Crippen LogP contribution is -2.44. The maximum atomic E-state index is 13.3. The Hall–Kier alpha value is -3.60. The van der Waals surface area contributed by atoms with Gasteiger partial charge in [0.15, 0.2) is 6.10 Å². The van der Waals surface area contributed by atoms with Crippen LogP contribution >= 0.6 is 0 Å². The zero-order valence-corrected chi connectivity index (χ0v) is 19.3. The van der Waals surface area contributed by atoms with Crippen LogP contribution in [0.1, 0.15) is 29.8 Å². The summed E-state index contributed by atoms with van der Waals surface area (Å²) in [5, 5.41) is 4.44. The van der Waals surface area contributed by atoms with Crippen LogP contribution in [0.5, 0.6) is 5.75 Å². The van der Waals surface area contributed by atoms with E-state index in [-0.39, 0.29) is 22.8 Å². The van der Waals surface area contributed by atoms with Gasteiger partial charge in [-0.1, -0.05) is 18.2 Å². The molecule has 0 radical (unpaired) electrons. The number of rotatable bonds is 7. The predicted octanol–water partition coefficient (Wildman–Crippen LogP) is 1.84. The van der Waals surface area contributed by atoms with E-state index in [0.717, 1.165) is 11.6 Å². The van der Waals surface area contributed by atoms with Crippen LogP contribution in [0, 0.1) is 0 Å². The molecule has 0 unspecified atom stereocenters. The Morgan fingerprint density at radius 2 is 1.88 bits per heavy atom. The summed E-state index contributed by atoms with van der Waals surface area (Å²) in [7, 11) is -2.64. The van der Waals surface area contributed by atoms with Gasteiger partial charge in [-0.2, -0.15) is 0 Å². The number of ether oxygens (including phenoxy) is 2. The Morgan fingerprint density at radius 1 is 1.15 bits per heavy atom. The molecule has 0 bridgehead atoms. The summed E-state index contributed by atoms with van der Waals surface area (Å²) in [4.78, 5) is 36.2. The lowest BCUT2D eigenvalue weighted by atomic mass is 10.2. The number of sulfonamides is 1. The second-order valence-corrected chi connectivity index (χ2v) is 9.08. The molecule has 3 amide bonds. The largest absolute Gasteiger partial charge is 0.496 e. The quantitative estimate of drug-likeness (QED) is 0.584. The van der Waals surface area contributed by atoms with Crippen LogP contribution in [0.15, 0.2) is 47.4 Å². The molecule has 1 aliphatic rings. The highest BCUT2D eigenvalue weighted by atomic mass is 32.2. The van der Waals surface area contributed by atoms with Crippen LogP contribution in [0.25, 0.3) is 0 Å². The van der Waals surface area contributed by atoms with E-state index in [1.165, 1.54) is 30.5 Å². The van der Waals surface area contributed by atoms with Gasteiger partial charge in [0.05, 0.1) is 17.7 Å². The van der Waals surface area contributed by atoms with Gasteiger partial charge in [-0.15, -0.1) is 0 Å². The van der Waals surface area contributed by atoms with E-state index in [1.807, 2.05) is 17.4 Å². The number of para-hydroxylation sites is 1. The van der Waals surface area contributed by atoms with Crippen LogP contribution in [0.4, 0.5) is 10.5 Å². The molecule has 176 valence electrons. The minimum atomic E-state index is -3.96. The van der Waals surface area contributed by atoms with E-state index in [4.69, 9.17) is 9.47 Å². The molecular weight excluding hydrogens is 450 g/mol. The molecule has 0 aromatic heterocycles. The monoisotopic (exact) mass is 475 g/mol. The Kier molecular flexibility index (Phi) is 7.22. The van der Waals surface area contributed by atoms with Crippen LogP contribution in [-0.4, -0.2) is 52.6 Å². The summed E-state index contributed by atoms with van der Waals surface area (Å²) in [5.74, 6) is -1.72. The first-order valence-corrected chi connectivity index (χ1v) is 11.7. The third-order valence-corrected chi connectivity index (χ3v) is 6.86. The summed E-state index contributed by atoms with van der Waals surface area (Å²) in [6.07, 6.45) is -0.728. The average molecular weight is 476 g/mol. The van der Waals surface area contributed by atoms with Gasteiger partial charge in [-0.3, -0.25) is 14.4 Å². The number of hydrogen-bond acceptors (Lipinski definition) is 7. The maximum Gasteiger partial charge on any atom is 0.342 e. The van der Waals surface area contributed by atoms with Crippen molar-refractivity contribution in [2.45, 2.75) is 31.3 Å². The van der Waals surface area contributed by atoms with Crippen molar-refractivity contribution in [3.8, 4) is 5.75 Å². The van der Waals surface area contributed by atoms with Crippen LogP contribution in [0.3, 0.4) is 0 Å². The number of carbonyl (C=O) groups is 3. The smallest absolute Gasteiger partial charge is 0.342 e. The molecule has 0 aliphatic carbocycles. The number of anilines is 1. The number of amides is 3. The number of nitrogens with zero attached hydrogens (tertiary/aromatic N) is 1. The van der Waals surface area contributed by atoms with E-state index >= 15 is 0 Å². The third kappa shape index (κ3) is 5.08. The Balaban J connectivity index is 1.84. The molecule has 0 spiro atoms. The topological polar surface area (TPSA) is 131 Å². The van der Waals surface area contributed by atoms with Gasteiger partial charge in [0.25, 0.3) is 15.9 Å². The zero-order chi connectivity index (χ0) is 24.2. The highest BCUT2D eigenvalue weighted by molar-refractivity contribution is 7.92. The SMILES string of the molecule is CCNC(=O)NC(=O)[C@@H](C)OC(=O)c1cc(S(=O)(=O)N2CCc3ccccc32)ccc1OC. The number of methoxy groups -OCH3 is 1. The second-order valence-electron chi connectivity index (χ2n) is 7.21. The molecule has 1 atom stereocenters. The number of esters is 1. The number of benzene rings is 2. The molecule has 2 aromatic rings. The molecule has 2 N–H and O–H groups in total. The standard InChI is InChI=1S/C22H25N3O7S/c1-4-23-22(28)24-20(26)14(2)32-21(27)17-13-16(9-10-19(17)31-3)33(29,30)25-12-11-15-7-5-6-8-18(15)25/h5-10,13-14H,4,11-12H2,1-3H3,(H2,23,24,26,28)/t14-/m1/s1. The predicted molar refractivity (Wildman–Crippen MR) is 120 cm³/mol. The third-order valence-electron chi connectivity index (χ3n) is 5.05. The van der Waals surface area contributed by atoms with Crippen molar-refractivity contribution in [1.29, 1.82) is 0 Å². The normalized spacial score (nSPS) is 13.6. The average Bonchev–Trinajstić information content (AvgIpc) is 3.23. The summed E-state index contributed by atoms with van der Waals surface area (Å²) < 4.78 is 38.2. The molecule has 33 heavy (non-hydrogen) atoms. The molecule has 0 saturated carbocycles. The van der Waals surface area contributed by atoms with Crippen molar-refractivity contribution in [3.05, 3.63) is 53.6 Å². The zero-order valence-electron chi connectivity index (χ0n) is 18.5. The second kappa shape index (κ2) is 9.90. The van der Waals surface area contributed by atoms with Crippen LogP contribution in [-0.2, 0) is 26.0 Å². The molecule has 11 heteroatoms. The molecular formula is C22H25N3O7S. The number of fused-ring (bicyclic) bond motifs is 1. The Bertz CT molecular complexity index is 1180. The minimum absolute atomic E-state index is 0.0807. The fourth-order valence-corrected chi connectivity index (χ4v) is 4.92. The van der Waals surface area contributed by atoms with Gasteiger partial charge in [-0.05, 0) is 50.1 Å². The number of urea groups is 1.